The van der Waals surface area contributed by atoms with Gasteiger partial charge in [0.15, 0.2) is 0 Å². The van der Waals surface area contributed by atoms with Gasteiger partial charge in [0.1, 0.15) is 0 Å². The van der Waals surface area contributed by atoms with Gasteiger partial charge in [0, 0.05) is 11.4 Å². The van der Waals surface area contributed by atoms with E-state index in [1.807, 2.05) is 49.5 Å². The van der Waals surface area contributed by atoms with Crippen molar-refractivity contribution in [1.82, 2.24) is 5.32 Å². The van der Waals surface area contributed by atoms with Gasteiger partial charge in [0.05, 0.1) is 17.6 Å². The molecule has 2 aromatic carbocycles. The Morgan fingerprint density at radius 2 is 1.79 bits per heavy atom. The van der Waals surface area contributed by atoms with Crippen molar-refractivity contribution in [2.24, 2.45) is 0 Å². The molecule has 0 aliphatic carbocycles. The second-order valence-electron chi connectivity index (χ2n) is 3.99. The third-order valence-corrected chi connectivity index (χ3v) is 3.23. The summed E-state index contributed by atoms with van der Waals surface area (Å²) in [6.45, 7) is 0.786. The monoisotopic (exact) mass is 273 g/mol. The fraction of sp³-hybridized carbons (Fsp3) is 0.133. The molecule has 0 aliphatic heterocycles. The molecule has 0 aromatic heterocycles. The van der Waals surface area contributed by atoms with Gasteiger partial charge in [-0.2, -0.15) is 0 Å². The first-order valence-corrected chi connectivity index (χ1v) is 6.71. The Bertz CT molecular complexity index is 526. The van der Waals surface area contributed by atoms with E-state index < -0.39 is 0 Å². The lowest BCUT2D eigenvalue weighted by atomic mass is 10.1. The quantitative estimate of drug-likeness (QED) is 0.849. The van der Waals surface area contributed by atoms with Gasteiger partial charge in [-0.3, -0.25) is 0 Å². The minimum Gasteiger partial charge on any atom is -0.382 e. The molecule has 2 aromatic rings. The van der Waals surface area contributed by atoms with E-state index in [0.717, 1.165) is 29.0 Å². The van der Waals surface area contributed by atoms with Crippen LogP contribution in [0.5, 0.6) is 0 Å². The van der Waals surface area contributed by atoms with Crippen LogP contribution >= 0.6 is 12.0 Å². The molecule has 0 bridgehead atoms. The minimum atomic E-state index is -0.329. The lowest BCUT2D eigenvalue weighted by Crippen LogP contribution is -2.05. The first-order chi connectivity index (χ1) is 9.29. The van der Waals surface area contributed by atoms with Crippen molar-refractivity contribution in [3.05, 3.63) is 65.7 Å². The van der Waals surface area contributed by atoms with E-state index in [4.69, 9.17) is 4.18 Å². The molecule has 0 unspecified atom stereocenters. The second kappa shape index (κ2) is 6.97. The molecule has 0 saturated carbocycles. The van der Waals surface area contributed by atoms with Crippen LogP contribution in [0, 0.1) is 0 Å². The summed E-state index contributed by atoms with van der Waals surface area (Å²) < 4.78 is 5.18. The predicted molar refractivity (Wildman–Crippen MR) is 76.9 cm³/mol. The van der Waals surface area contributed by atoms with E-state index in [9.17, 15) is 4.79 Å². The standard InChI is InChI=1S/C15H15NO2S/c1-16-11-12-7-9-13(10-8-12)15(17)18-19-14-5-3-2-4-6-14/h2-10,16H,11H2,1H3. The van der Waals surface area contributed by atoms with E-state index in [0.29, 0.717) is 5.56 Å². The number of rotatable bonds is 5. The Kier molecular flexibility index (Phi) is 5.01. The van der Waals surface area contributed by atoms with Crippen molar-refractivity contribution in [2.45, 2.75) is 11.4 Å². The summed E-state index contributed by atoms with van der Waals surface area (Å²) in [6.07, 6.45) is 0. The molecule has 0 saturated heterocycles. The molecule has 0 heterocycles. The molecule has 2 rings (SSSR count). The summed E-state index contributed by atoms with van der Waals surface area (Å²) in [4.78, 5) is 12.7. The van der Waals surface area contributed by atoms with Crippen molar-refractivity contribution in [1.29, 1.82) is 0 Å². The Labute approximate surface area is 117 Å². The molecular weight excluding hydrogens is 258 g/mol. The highest BCUT2D eigenvalue weighted by molar-refractivity contribution is 7.95. The molecule has 4 heteroatoms. The van der Waals surface area contributed by atoms with Crippen molar-refractivity contribution in [2.75, 3.05) is 7.05 Å². The van der Waals surface area contributed by atoms with Crippen LogP contribution in [0.25, 0.3) is 0 Å². The highest BCUT2D eigenvalue weighted by Gasteiger charge is 2.08. The number of benzene rings is 2. The van der Waals surface area contributed by atoms with Gasteiger partial charge in [0.25, 0.3) is 0 Å². The molecule has 19 heavy (non-hydrogen) atoms. The first kappa shape index (κ1) is 13.6. The van der Waals surface area contributed by atoms with Crippen molar-refractivity contribution in [3.8, 4) is 0 Å². The van der Waals surface area contributed by atoms with Gasteiger partial charge in [-0.25, -0.2) is 4.79 Å². The fourth-order valence-electron chi connectivity index (χ4n) is 1.57. The van der Waals surface area contributed by atoms with Gasteiger partial charge >= 0.3 is 5.97 Å². The normalized spacial score (nSPS) is 10.2. The third kappa shape index (κ3) is 4.12. The van der Waals surface area contributed by atoms with E-state index in [-0.39, 0.29) is 5.97 Å². The smallest absolute Gasteiger partial charge is 0.350 e. The lowest BCUT2D eigenvalue weighted by molar-refractivity contribution is 0.0768. The number of carbonyl (C=O) groups excluding carboxylic acids is 1. The summed E-state index contributed by atoms with van der Waals surface area (Å²) in [6, 6.07) is 16.9. The maximum atomic E-state index is 11.8. The van der Waals surface area contributed by atoms with Crippen LogP contribution in [0.1, 0.15) is 15.9 Å². The zero-order valence-electron chi connectivity index (χ0n) is 10.6. The Morgan fingerprint density at radius 1 is 1.11 bits per heavy atom. The molecule has 98 valence electrons. The minimum absolute atomic E-state index is 0.329. The van der Waals surface area contributed by atoms with Crippen LogP contribution in [-0.2, 0) is 10.7 Å². The van der Waals surface area contributed by atoms with Gasteiger partial charge in [-0.1, -0.05) is 30.3 Å². The van der Waals surface area contributed by atoms with Crippen LogP contribution in [0.4, 0.5) is 0 Å². The van der Waals surface area contributed by atoms with Crippen molar-refractivity contribution >= 4 is 18.0 Å². The number of nitrogens with one attached hydrogen (secondary N) is 1. The van der Waals surface area contributed by atoms with Crippen molar-refractivity contribution < 1.29 is 8.98 Å². The predicted octanol–water partition coefficient (Wildman–Crippen LogP) is 3.27. The zero-order valence-corrected chi connectivity index (χ0v) is 11.4. The van der Waals surface area contributed by atoms with Crippen LogP contribution in [0.2, 0.25) is 0 Å². The summed E-state index contributed by atoms with van der Waals surface area (Å²) in [5.74, 6) is -0.329. The summed E-state index contributed by atoms with van der Waals surface area (Å²) in [5, 5.41) is 3.06. The van der Waals surface area contributed by atoms with Gasteiger partial charge < -0.3 is 9.50 Å². The van der Waals surface area contributed by atoms with Crippen LogP contribution in [0.15, 0.2) is 59.5 Å². The number of carbonyl (C=O) groups is 1. The first-order valence-electron chi connectivity index (χ1n) is 5.97. The topological polar surface area (TPSA) is 38.3 Å². The van der Waals surface area contributed by atoms with Crippen LogP contribution in [0.3, 0.4) is 0 Å². The average Bonchev–Trinajstić information content (AvgIpc) is 2.47. The Hall–Kier alpha value is -1.78. The molecule has 1 N–H and O–H groups in total. The molecular formula is C15H15NO2S. The van der Waals surface area contributed by atoms with E-state index >= 15 is 0 Å². The zero-order chi connectivity index (χ0) is 13.5. The highest BCUT2D eigenvalue weighted by atomic mass is 32.2. The van der Waals surface area contributed by atoms with Crippen LogP contribution < -0.4 is 5.32 Å². The molecule has 0 amide bonds. The van der Waals surface area contributed by atoms with E-state index in [2.05, 4.69) is 5.32 Å². The maximum Gasteiger partial charge on any atom is 0.350 e. The summed E-state index contributed by atoms with van der Waals surface area (Å²) in [7, 11) is 1.89. The number of hydrogen-bond donors (Lipinski definition) is 1. The molecule has 0 radical (unpaired) electrons. The summed E-state index contributed by atoms with van der Waals surface area (Å²) in [5.41, 5.74) is 1.69. The summed E-state index contributed by atoms with van der Waals surface area (Å²) >= 11 is 1.08. The molecule has 3 nitrogen and oxygen atoms in total. The van der Waals surface area contributed by atoms with Gasteiger partial charge in [0.2, 0.25) is 0 Å². The SMILES string of the molecule is CNCc1ccc(C(=O)OSc2ccccc2)cc1. The van der Waals surface area contributed by atoms with Gasteiger partial charge in [-0.05, 0) is 36.9 Å². The van der Waals surface area contributed by atoms with E-state index in [1.165, 1.54) is 0 Å². The fourth-order valence-corrected chi connectivity index (χ4v) is 2.11. The maximum absolute atomic E-state index is 11.8. The Balaban J connectivity index is 1.92. The molecule has 0 fully saturated rings. The largest absolute Gasteiger partial charge is 0.382 e. The number of hydrogen-bond acceptors (Lipinski definition) is 4. The molecule has 0 spiro atoms. The average molecular weight is 273 g/mol. The second-order valence-corrected chi connectivity index (χ2v) is 4.80. The Morgan fingerprint density at radius 3 is 2.42 bits per heavy atom. The molecule has 0 aliphatic rings. The van der Waals surface area contributed by atoms with Crippen LogP contribution in [-0.4, -0.2) is 13.0 Å². The molecule has 0 atom stereocenters. The highest BCUT2D eigenvalue weighted by Crippen LogP contribution is 2.20. The van der Waals surface area contributed by atoms with E-state index in [1.54, 1.807) is 12.1 Å². The third-order valence-electron chi connectivity index (χ3n) is 2.53. The lowest BCUT2D eigenvalue weighted by Gasteiger charge is -2.04. The van der Waals surface area contributed by atoms with Crippen molar-refractivity contribution in [3.63, 3.8) is 0 Å². The van der Waals surface area contributed by atoms with Gasteiger partial charge in [-0.15, -0.1) is 0 Å².